The molecule has 2 fully saturated rings. The zero-order chi connectivity index (χ0) is 20.6. The molecule has 2 saturated heterocycles. The second kappa shape index (κ2) is 7.55. The molecule has 0 bridgehead atoms. The van der Waals surface area contributed by atoms with E-state index in [-0.39, 0.29) is 23.7 Å². The lowest BCUT2D eigenvalue weighted by molar-refractivity contribution is -0.132. The van der Waals surface area contributed by atoms with Crippen LogP contribution >= 0.6 is 0 Å². The largest absolute Gasteiger partial charge is 0.356 e. The summed E-state index contributed by atoms with van der Waals surface area (Å²) in [5, 5.41) is 4.98. The van der Waals surface area contributed by atoms with Gasteiger partial charge in [0, 0.05) is 55.8 Å². The Hall–Kier alpha value is -3.22. The van der Waals surface area contributed by atoms with Crippen LogP contribution in [0.5, 0.6) is 0 Å². The van der Waals surface area contributed by atoms with Crippen LogP contribution in [0.15, 0.2) is 53.3 Å². The quantitative estimate of drug-likeness (QED) is 0.668. The molecule has 1 aromatic carbocycles. The maximum absolute atomic E-state index is 12.8. The van der Waals surface area contributed by atoms with Gasteiger partial charge in [-0.2, -0.15) is 0 Å². The van der Waals surface area contributed by atoms with E-state index >= 15 is 0 Å². The van der Waals surface area contributed by atoms with Gasteiger partial charge in [0.25, 0.3) is 0 Å². The number of hydrogen-bond acceptors (Lipinski definition) is 5. The fourth-order valence-corrected chi connectivity index (χ4v) is 4.72. The first-order chi connectivity index (χ1) is 14.6. The highest BCUT2D eigenvalue weighted by Gasteiger charge is 2.45. The third-order valence-corrected chi connectivity index (χ3v) is 6.48. The molecule has 0 aliphatic carbocycles. The topological polar surface area (TPSA) is 79.5 Å². The lowest BCUT2D eigenvalue weighted by atomic mass is 9.77. The highest BCUT2D eigenvalue weighted by Crippen LogP contribution is 2.41. The molecule has 30 heavy (non-hydrogen) atoms. The van der Waals surface area contributed by atoms with Gasteiger partial charge in [-0.3, -0.25) is 14.6 Å². The van der Waals surface area contributed by atoms with Crippen LogP contribution in [-0.2, 0) is 22.6 Å². The van der Waals surface area contributed by atoms with E-state index in [1.807, 2.05) is 46.2 Å². The first-order valence-electron chi connectivity index (χ1n) is 10.4. The number of amides is 2. The summed E-state index contributed by atoms with van der Waals surface area (Å²) in [5.74, 6) is 0.280. The molecule has 5 rings (SSSR count). The molecule has 0 N–H and O–H groups in total. The predicted octanol–water partition coefficient (Wildman–Crippen LogP) is 2.81. The zero-order valence-electron chi connectivity index (χ0n) is 16.8. The number of carbonyl (C=O) groups is 2. The average Bonchev–Trinajstić information content (AvgIpc) is 3.30. The van der Waals surface area contributed by atoms with Crippen molar-refractivity contribution in [1.29, 1.82) is 0 Å². The molecule has 1 spiro atoms. The summed E-state index contributed by atoms with van der Waals surface area (Å²) < 4.78 is 5.32. The summed E-state index contributed by atoms with van der Waals surface area (Å²) in [6.07, 6.45) is 6.06. The third-order valence-electron chi connectivity index (χ3n) is 6.48. The summed E-state index contributed by atoms with van der Waals surface area (Å²) in [6.45, 7) is 2.77. The molecule has 7 nitrogen and oxygen atoms in total. The highest BCUT2D eigenvalue weighted by atomic mass is 16.5. The van der Waals surface area contributed by atoms with Crippen LogP contribution < -0.4 is 0 Å². The average molecular weight is 404 g/mol. The number of aromatic nitrogens is 2. The Morgan fingerprint density at radius 1 is 1.10 bits per heavy atom. The van der Waals surface area contributed by atoms with Gasteiger partial charge in [0.2, 0.25) is 11.8 Å². The Labute approximate surface area is 174 Å². The van der Waals surface area contributed by atoms with Gasteiger partial charge in [0.05, 0.1) is 6.42 Å². The fourth-order valence-electron chi connectivity index (χ4n) is 4.72. The van der Waals surface area contributed by atoms with E-state index in [1.165, 1.54) is 0 Å². The molecule has 0 radical (unpaired) electrons. The van der Waals surface area contributed by atoms with Gasteiger partial charge in [0.1, 0.15) is 5.69 Å². The van der Waals surface area contributed by atoms with E-state index in [0.29, 0.717) is 37.3 Å². The van der Waals surface area contributed by atoms with Crippen LogP contribution in [0.2, 0.25) is 0 Å². The second-order valence-electron chi connectivity index (χ2n) is 8.47. The molecule has 3 aromatic rings. The molecule has 154 valence electrons. The van der Waals surface area contributed by atoms with Crippen LogP contribution in [0.1, 0.15) is 30.5 Å². The lowest BCUT2D eigenvalue weighted by Gasteiger charge is -2.38. The number of piperidine rings is 1. The van der Waals surface area contributed by atoms with Crippen molar-refractivity contribution in [2.24, 2.45) is 5.41 Å². The molecule has 7 heteroatoms. The minimum Gasteiger partial charge on any atom is -0.356 e. The fraction of sp³-hybridized carbons (Fsp3) is 0.391. The Morgan fingerprint density at radius 3 is 2.67 bits per heavy atom. The van der Waals surface area contributed by atoms with Gasteiger partial charge in [0.15, 0.2) is 5.58 Å². The third kappa shape index (κ3) is 3.56. The molecule has 4 heterocycles. The molecule has 2 aromatic heterocycles. The Morgan fingerprint density at radius 2 is 1.87 bits per heavy atom. The number of pyridine rings is 1. The number of nitrogens with zero attached hydrogens (tertiary/aromatic N) is 4. The van der Waals surface area contributed by atoms with Crippen molar-refractivity contribution in [2.45, 2.75) is 32.2 Å². The second-order valence-corrected chi connectivity index (χ2v) is 8.47. The number of para-hydroxylation sites is 1. The van der Waals surface area contributed by atoms with Crippen LogP contribution in [0.25, 0.3) is 11.0 Å². The van der Waals surface area contributed by atoms with Crippen molar-refractivity contribution >= 4 is 22.8 Å². The predicted molar refractivity (Wildman–Crippen MR) is 110 cm³/mol. The Bertz CT molecular complexity index is 1070. The summed E-state index contributed by atoms with van der Waals surface area (Å²) in [4.78, 5) is 33.4. The van der Waals surface area contributed by atoms with Crippen LogP contribution in [-0.4, -0.2) is 51.4 Å². The first kappa shape index (κ1) is 18.8. The van der Waals surface area contributed by atoms with Crippen molar-refractivity contribution in [3.8, 4) is 0 Å². The molecular formula is C23H24N4O3. The van der Waals surface area contributed by atoms with E-state index in [0.717, 1.165) is 30.3 Å². The minimum atomic E-state index is -0.0124. The maximum atomic E-state index is 12.8. The van der Waals surface area contributed by atoms with Gasteiger partial charge in [-0.05, 0) is 42.7 Å². The molecule has 0 saturated carbocycles. The van der Waals surface area contributed by atoms with E-state index in [2.05, 4.69) is 10.1 Å². The van der Waals surface area contributed by atoms with Crippen LogP contribution in [0.3, 0.4) is 0 Å². The number of carbonyl (C=O) groups excluding carboxylic acids is 2. The van der Waals surface area contributed by atoms with Gasteiger partial charge in [-0.25, -0.2) is 0 Å². The summed E-state index contributed by atoms with van der Waals surface area (Å²) >= 11 is 0. The number of likely N-dealkylation sites (tertiary alicyclic amines) is 2. The monoisotopic (exact) mass is 404 g/mol. The number of fused-ring (bicyclic) bond motifs is 1. The van der Waals surface area contributed by atoms with Crippen molar-refractivity contribution < 1.29 is 14.1 Å². The van der Waals surface area contributed by atoms with Crippen LogP contribution in [0.4, 0.5) is 0 Å². The standard InChI is InChI=1S/C23H24N4O3/c28-21(13-19-18-3-1-2-4-20(18)30-25-19)26-11-7-23(8-12-26)14-22(29)27(16-23)15-17-5-9-24-10-6-17/h1-6,9-10H,7-8,11-16H2. The molecular weight excluding hydrogens is 380 g/mol. The summed E-state index contributed by atoms with van der Waals surface area (Å²) in [6, 6.07) is 11.5. The smallest absolute Gasteiger partial charge is 0.228 e. The van der Waals surface area contributed by atoms with Crippen molar-refractivity contribution in [2.75, 3.05) is 19.6 Å². The molecule has 0 atom stereocenters. The number of hydrogen-bond donors (Lipinski definition) is 0. The van der Waals surface area contributed by atoms with E-state index in [9.17, 15) is 9.59 Å². The maximum Gasteiger partial charge on any atom is 0.228 e. The first-order valence-corrected chi connectivity index (χ1v) is 10.4. The lowest BCUT2D eigenvalue weighted by Crippen LogP contribution is -2.44. The molecule has 2 aliphatic rings. The SMILES string of the molecule is O=C(Cc1noc2ccccc12)N1CCC2(CC1)CC(=O)N(Cc1ccncc1)C2. The molecule has 2 aliphatic heterocycles. The van der Waals surface area contributed by atoms with E-state index in [4.69, 9.17) is 4.52 Å². The number of benzene rings is 1. The Kier molecular flexibility index (Phi) is 4.73. The molecule has 0 unspecified atom stereocenters. The van der Waals surface area contributed by atoms with E-state index in [1.54, 1.807) is 12.4 Å². The minimum absolute atomic E-state index is 0.0124. The van der Waals surface area contributed by atoms with Crippen LogP contribution in [0, 0.1) is 5.41 Å². The van der Waals surface area contributed by atoms with Gasteiger partial charge in [-0.15, -0.1) is 0 Å². The Balaban J connectivity index is 1.20. The zero-order valence-corrected chi connectivity index (χ0v) is 16.8. The van der Waals surface area contributed by atoms with Crippen molar-refractivity contribution in [3.05, 3.63) is 60.0 Å². The molecule has 2 amide bonds. The van der Waals surface area contributed by atoms with Crippen molar-refractivity contribution in [3.63, 3.8) is 0 Å². The number of rotatable bonds is 4. The summed E-state index contributed by atoms with van der Waals surface area (Å²) in [5.41, 5.74) is 2.48. The highest BCUT2D eigenvalue weighted by molar-refractivity contribution is 5.86. The van der Waals surface area contributed by atoms with Gasteiger partial charge in [-0.1, -0.05) is 17.3 Å². The summed E-state index contributed by atoms with van der Waals surface area (Å²) in [7, 11) is 0. The van der Waals surface area contributed by atoms with Crippen molar-refractivity contribution in [1.82, 2.24) is 19.9 Å². The van der Waals surface area contributed by atoms with Gasteiger partial charge < -0.3 is 14.3 Å². The van der Waals surface area contributed by atoms with Gasteiger partial charge >= 0.3 is 0 Å². The normalized spacial score (nSPS) is 18.5. The van der Waals surface area contributed by atoms with E-state index < -0.39 is 0 Å².